The van der Waals surface area contributed by atoms with Crippen molar-refractivity contribution in [1.82, 2.24) is 0 Å². The average Bonchev–Trinajstić information content (AvgIpc) is 3.42. The van der Waals surface area contributed by atoms with Gasteiger partial charge in [0.1, 0.15) is 0 Å². The Balaban J connectivity index is 0. The van der Waals surface area contributed by atoms with Crippen molar-refractivity contribution in [2.45, 2.75) is 72.1 Å². The zero-order chi connectivity index (χ0) is 23.0. The van der Waals surface area contributed by atoms with Gasteiger partial charge in [0.15, 0.2) is 0 Å². The normalized spacial score (nSPS) is 10.1. The van der Waals surface area contributed by atoms with E-state index in [1.54, 1.807) is 0 Å². The summed E-state index contributed by atoms with van der Waals surface area (Å²) in [5.74, 6) is 1.84. The van der Waals surface area contributed by atoms with E-state index in [4.69, 9.17) is 0 Å². The summed E-state index contributed by atoms with van der Waals surface area (Å²) in [6.45, 7) is 20.6. The molecule has 0 saturated carbocycles. The SMILES string of the molecule is CC(C)c1ccc(C(C)C)c2[cH-]ccc12.CC(C)c1cccc2[cH-]ccc12.[CH2-]CC[CH2-].[Cl-].[Cl-].[Zr+2]. The number of benzene rings is 2. The van der Waals surface area contributed by atoms with E-state index in [1.165, 1.54) is 38.2 Å². The van der Waals surface area contributed by atoms with E-state index in [1.807, 2.05) is 0 Å². The summed E-state index contributed by atoms with van der Waals surface area (Å²) in [6, 6.07) is 24.3. The largest absolute Gasteiger partial charge is 2.00 e. The molecule has 0 aliphatic rings. The molecule has 0 bridgehead atoms. The van der Waals surface area contributed by atoms with Crippen molar-refractivity contribution in [3.8, 4) is 0 Å². The molecule has 0 heterocycles. The fourth-order valence-corrected chi connectivity index (χ4v) is 3.98. The molecule has 0 amide bonds. The molecule has 0 nitrogen and oxygen atoms in total. The fourth-order valence-electron chi connectivity index (χ4n) is 3.98. The Hall–Kier alpha value is -0.877. The predicted octanol–water partition coefficient (Wildman–Crippen LogP) is 3.93. The number of hydrogen-bond donors (Lipinski definition) is 0. The molecule has 0 radical (unpaired) electrons. The van der Waals surface area contributed by atoms with E-state index in [9.17, 15) is 0 Å². The Labute approximate surface area is 240 Å². The van der Waals surface area contributed by atoms with Crippen LogP contribution in [-0.2, 0) is 26.2 Å². The maximum atomic E-state index is 3.54. The van der Waals surface area contributed by atoms with Crippen LogP contribution in [0.1, 0.15) is 88.8 Å². The van der Waals surface area contributed by atoms with Crippen LogP contribution in [-0.4, -0.2) is 0 Å². The van der Waals surface area contributed by atoms with Crippen molar-refractivity contribution < 1.29 is 51.0 Å². The number of unbranched alkanes of at least 4 members (excludes halogenated alkanes) is 1. The van der Waals surface area contributed by atoms with Crippen LogP contribution in [0.3, 0.4) is 0 Å². The molecule has 4 rings (SSSR count). The van der Waals surface area contributed by atoms with Crippen molar-refractivity contribution in [3.05, 3.63) is 97.3 Å². The molecule has 0 saturated heterocycles. The average molecular weight is 575 g/mol. The predicted molar refractivity (Wildman–Crippen MR) is 141 cm³/mol. The summed E-state index contributed by atoms with van der Waals surface area (Å²) in [4.78, 5) is 0. The molecule has 0 N–H and O–H groups in total. The van der Waals surface area contributed by atoms with Gasteiger partial charge < -0.3 is 38.7 Å². The first-order valence-corrected chi connectivity index (χ1v) is 11.7. The third-order valence-electron chi connectivity index (χ3n) is 5.71. The summed E-state index contributed by atoms with van der Waals surface area (Å²) >= 11 is 0. The maximum absolute atomic E-state index is 3.54. The van der Waals surface area contributed by atoms with E-state index in [0.717, 1.165) is 12.8 Å². The van der Waals surface area contributed by atoms with Gasteiger partial charge in [-0.3, -0.25) is 0 Å². The second-order valence-electron chi connectivity index (χ2n) is 9.14. The topological polar surface area (TPSA) is 0 Å². The van der Waals surface area contributed by atoms with E-state index in [0.29, 0.717) is 17.8 Å². The van der Waals surface area contributed by atoms with Crippen LogP contribution >= 0.6 is 0 Å². The molecule has 4 aromatic rings. The van der Waals surface area contributed by atoms with Crippen molar-refractivity contribution in [2.75, 3.05) is 0 Å². The number of fused-ring (bicyclic) bond motifs is 2. The molecular weight excluding hydrogens is 534 g/mol. The smallest absolute Gasteiger partial charge is 1.00 e. The van der Waals surface area contributed by atoms with Crippen LogP contribution in [0.25, 0.3) is 21.5 Å². The molecule has 0 atom stereocenters. The molecule has 0 fully saturated rings. The van der Waals surface area contributed by atoms with Gasteiger partial charge in [0.25, 0.3) is 0 Å². The fraction of sp³-hybridized carbons (Fsp3) is 0.355. The van der Waals surface area contributed by atoms with Crippen LogP contribution in [0.5, 0.6) is 0 Å². The molecule has 0 unspecified atom stereocenters. The van der Waals surface area contributed by atoms with Gasteiger partial charge >= 0.3 is 26.2 Å². The molecule has 0 aromatic heterocycles. The minimum atomic E-state index is 0. The molecule has 4 aromatic carbocycles. The van der Waals surface area contributed by atoms with Crippen molar-refractivity contribution in [3.63, 3.8) is 0 Å². The number of hydrogen-bond acceptors (Lipinski definition) is 0. The van der Waals surface area contributed by atoms with Crippen LogP contribution in [0, 0.1) is 13.8 Å². The van der Waals surface area contributed by atoms with Gasteiger partial charge in [-0.25, -0.2) is 12.8 Å². The van der Waals surface area contributed by atoms with Gasteiger partial charge in [-0.15, -0.1) is 57.4 Å². The Morgan fingerprint density at radius 2 is 1.09 bits per heavy atom. The van der Waals surface area contributed by atoms with Crippen LogP contribution < -0.4 is 24.8 Å². The van der Waals surface area contributed by atoms with Crippen molar-refractivity contribution >= 4 is 21.5 Å². The quantitative estimate of drug-likeness (QED) is 0.324. The second-order valence-corrected chi connectivity index (χ2v) is 9.14. The molecule has 3 heteroatoms. The van der Waals surface area contributed by atoms with Crippen LogP contribution in [0.2, 0.25) is 0 Å². The standard InChI is InChI=1S/C15H19.C12H13.C4H8.2ClH.Zr/c1-10(2)12-8-9-13(11(3)4)15-7-5-6-14(12)15;1-9(2)11-7-3-5-10-6-4-8-12(10)11;1-3-4-2;;;/h5-11H,1-4H3;3-9H,1-2H3;1-4H2;2*1H;/q2*-1;-2;;;+2/p-2. The van der Waals surface area contributed by atoms with E-state index >= 15 is 0 Å². The maximum Gasteiger partial charge on any atom is 2.00 e. The van der Waals surface area contributed by atoms with Gasteiger partial charge in [-0.05, 0) is 11.8 Å². The minimum Gasteiger partial charge on any atom is -1.00 e. The summed E-state index contributed by atoms with van der Waals surface area (Å²) in [6.07, 6.45) is 1.92. The number of halogens is 2. The molecule has 34 heavy (non-hydrogen) atoms. The Morgan fingerprint density at radius 1 is 0.618 bits per heavy atom. The Morgan fingerprint density at radius 3 is 1.62 bits per heavy atom. The summed E-state index contributed by atoms with van der Waals surface area (Å²) in [5, 5.41) is 5.65. The van der Waals surface area contributed by atoms with Crippen molar-refractivity contribution in [2.24, 2.45) is 0 Å². The Kier molecular flexibility index (Phi) is 18.2. The van der Waals surface area contributed by atoms with E-state index in [2.05, 4.69) is 122 Å². The Bertz CT molecular complexity index is 1010. The van der Waals surface area contributed by atoms with Crippen molar-refractivity contribution in [1.29, 1.82) is 0 Å². The van der Waals surface area contributed by atoms with Gasteiger partial charge in [0, 0.05) is 0 Å². The molecule has 186 valence electrons. The van der Waals surface area contributed by atoms with Gasteiger partial charge in [-0.1, -0.05) is 70.7 Å². The molecule has 0 aliphatic heterocycles. The first-order chi connectivity index (χ1) is 14.8. The molecule has 0 spiro atoms. The molecular formula is C31H40Cl2Zr-4. The summed E-state index contributed by atoms with van der Waals surface area (Å²) < 4.78 is 0. The first kappa shape index (κ1) is 35.3. The summed E-state index contributed by atoms with van der Waals surface area (Å²) in [5.41, 5.74) is 4.40. The van der Waals surface area contributed by atoms with E-state index < -0.39 is 0 Å². The van der Waals surface area contributed by atoms with Gasteiger partial charge in [-0.2, -0.15) is 24.3 Å². The second kappa shape index (κ2) is 17.5. The zero-order valence-electron chi connectivity index (χ0n) is 21.7. The third-order valence-corrected chi connectivity index (χ3v) is 5.71. The van der Waals surface area contributed by atoms with E-state index in [-0.39, 0.29) is 51.0 Å². The molecule has 0 aliphatic carbocycles. The number of rotatable bonds is 4. The minimum absolute atomic E-state index is 0. The van der Waals surface area contributed by atoms with Gasteiger partial charge in [0.2, 0.25) is 0 Å². The summed E-state index contributed by atoms with van der Waals surface area (Å²) in [7, 11) is 0. The zero-order valence-corrected chi connectivity index (χ0v) is 25.6. The monoisotopic (exact) mass is 572 g/mol. The third kappa shape index (κ3) is 9.29. The van der Waals surface area contributed by atoms with Gasteiger partial charge in [0.05, 0.1) is 0 Å². The van der Waals surface area contributed by atoms with Crippen LogP contribution in [0.15, 0.2) is 66.7 Å². The van der Waals surface area contributed by atoms with Crippen LogP contribution in [0.4, 0.5) is 0 Å². The first-order valence-electron chi connectivity index (χ1n) is 11.7.